The van der Waals surface area contributed by atoms with Gasteiger partial charge in [0.2, 0.25) is 0 Å². The molecule has 2 rings (SSSR count). The van der Waals surface area contributed by atoms with Crippen molar-refractivity contribution < 1.29 is 9.13 Å². The first-order valence-corrected chi connectivity index (χ1v) is 6.97. The number of nitrogens with zero attached hydrogens (tertiary/aromatic N) is 2. The molecule has 0 bridgehead atoms. The Hall–Kier alpha value is -1.46. The lowest BCUT2D eigenvalue weighted by molar-refractivity contribution is 0.205. The van der Waals surface area contributed by atoms with Gasteiger partial charge in [0.1, 0.15) is 0 Å². The third kappa shape index (κ3) is 4.02. The summed E-state index contributed by atoms with van der Waals surface area (Å²) in [6.45, 7) is 5.93. The maximum absolute atomic E-state index is 14.5. The Morgan fingerprint density at radius 2 is 2.40 bits per heavy atom. The Labute approximate surface area is 119 Å². The minimum absolute atomic E-state index is 0.251. The number of hydrogen-bond donors (Lipinski definition) is 1. The fraction of sp³-hybridized carbons (Fsp3) is 0.533. The molecule has 0 saturated heterocycles. The normalized spacial score (nSPS) is 14.3. The van der Waals surface area contributed by atoms with Crippen LogP contribution in [0, 0.1) is 5.82 Å². The summed E-state index contributed by atoms with van der Waals surface area (Å²) in [6.07, 6.45) is 5.78. The van der Waals surface area contributed by atoms with E-state index >= 15 is 0 Å². The third-order valence-electron chi connectivity index (χ3n) is 3.32. The van der Waals surface area contributed by atoms with Crippen LogP contribution in [0.1, 0.15) is 18.4 Å². The summed E-state index contributed by atoms with van der Waals surface area (Å²) in [4.78, 5) is 6.01. The maximum Gasteiger partial charge on any atom is 0.170 e. The van der Waals surface area contributed by atoms with E-state index in [1.54, 1.807) is 25.4 Å². The second-order valence-electron chi connectivity index (χ2n) is 4.99. The molecule has 1 fully saturated rings. The van der Waals surface area contributed by atoms with Crippen LogP contribution in [0.4, 0.5) is 10.2 Å². The summed E-state index contributed by atoms with van der Waals surface area (Å²) >= 11 is 0. The molecule has 1 aliphatic carbocycles. The molecule has 1 aromatic heterocycles. The molecule has 1 saturated carbocycles. The van der Waals surface area contributed by atoms with Crippen LogP contribution in [0.2, 0.25) is 0 Å². The molecule has 20 heavy (non-hydrogen) atoms. The molecule has 0 unspecified atom stereocenters. The molecule has 1 aromatic rings. The van der Waals surface area contributed by atoms with E-state index in [0.29, 0.717) is 43.7 Å². The van der Waals surface area contributed by atoms with Crippen molar-refractivity contribution in [2.24, 2.45) is 0 Å². The van der Waals surface area contributed by atoms with Gasteiger partial charge in [0, 0.05) is 44.5 Å². The van der Waals surface area contributed by atoms with E-state index in [2.05, 4.69) is 16.9 Å². The second-order valence-corrected chi connectivity index (χ2v) is 4.99. The van der Waals surface area contributed by atoms with Crippen molar-refractivity contribution in [2.75, 3.05) is 31.7 Å². The Morgan fingerprint density at radius 3 is 3.05 bits per heavy atom. The van der Waals surface area contributed by atoms with Crippen molar-refractivity contribution in [3.63, 3.8) is 0 Å². The molecule has 5 heteroatoms. The van der Waals surface area contributed by atoms with Crippen LogP contribution in [0.25, 0.3) is 0 Å². The molecule has 0 radical (unpaired) electrons. The van der Waals surface area contributed by atoms with Crippen LogP contribution >= 0.6 is 0 Å². The van der Waals surface area contributed by atoms with Gasteiger partial charge in [-0.15, -0.1) is 6.58 Å². The minimum atomic E-state index is -0.251. The van der Waals surface area contributed by atoms with Crippen molar-refractivity contribution >= 4 is 5.82 Å². The molecule has 1 N–H and O–H groups in total. The number of hydrogen-bond acceptors (Lipinski definition) is 4. The maximum atomic E-state index is 14.5. The first-order valence-electron chi connectivity index (χ1n) is 6.97. The van der Waals surface area contributed by atoms with E-state index in [9.17, 15) is 4.39 Å². The monoisotopic (exact) mass is 279 g/mol. The van der Waals surface area contributed by atoms with Crippen LogP contribution in [0.5, 0.6) is 0 Å². The number of aromatic nitrogens is 1. The van der Waals surface area contributed by atoms with Gasteiger partial charge >= 0.3 is 0 Å². The predicted octanol–water partition coefficient (Wildman–Crippen LogP) is 2.11. The van der Waals surface area contributed by atoms with E-state index in [1.165, 1.54) is 12.8 Å². The van der Waals surface area contributed by atoms with Crippen LogP contribution in [-0.2, 0) is 11.3 Å². The first-order chi connectivity index (χ1) is 9.76. The molecule has 110 valence electrons. The van der Waals surface area contributed by atoms with Gasteiger partial charge in [-0.1, -0.05) is 6.08 Å². The van der Waals surface area contributed by atoms with Gasteiger partial charge < -0.3 is 15.0 Å². The molecule has 0 amide bonds. The second kappa shape index (κ2) is 7.36. The Morgan fingerprint density at radius 1 is 1.60 bits per heavy atom. The lowest BCUT2D eigenvalue weighted by Crippen LogP contribution is -2.29. The number of rotatable bonds is 9. The van der Waals surface area contributed by atoms with E-state index in [1.807, 2.05) is 4.90 Å². The van der Waals surface area contributed by atoms with Gasteiger partial charge in [0.15, 0.2) is 11.6 Å². The van der Waals surface area contributed by atoms with Gasteiger partial charge in [0.05, 0.1) is 6.61 Å². The van der Waals surface area contributed by atoms with Gasteiger partial charge in [-0.3, -0.25) is 0 Å². The topological polar surface area (TPSA) is 37.4 Å². The average Bonchev–Trinajstić information content (AvgIpc) is 3.27. The molecular formula is C15H22FN3O. The molecule has 1 heterocycles. The van der Waals surface area contributed by atoms with Crippen molar-refractivity contribution in [2.45, 2.75) is 25.4 Å². The highest BCUT2D eigenvalue weighted by molar-refractivity contribution is 5.43. The number of anilines is 1. The summed E-state index contributed by atoms with van der Waals surface area (Å²) in [5.74, 6) is 0.121. The minimum Gasteiger partial charge on any atom is -0.383 e. The lowest BCUT2D eigenvalue weighted by atomic mass is 10.2. The fourth-order valence-electron chi connectivity index (χ4n) is 2.01. The van der Waals surface area contributed by atoms with E-state index < -0.39 is 0 Å². The van der Waals surface area contributed by atoms with Crippen LogP contribution in [-0.4, -0.2) is 37.8 Å². The van der Waals surface area contributed by atoms with Crippen LogP contribution in [0.15, 0.2) is 24.9 Å². The molecular weight excluding hydrogens is 257 g/mol. The third-order valence-corrected chi connectivity index (χ3v) is 3.32. The van der Waals surface area contributed by atoms with Crippen LogP contribution in [0.3, 0.4) is 0 Å². The zero-order valence-corrected chi connectivity index (χ0v) is 11.9. The van der Waals surface area contributed by atoms with Gasteiger partial charge in [0.25, 0.3) is 0 Å². The summed E-state index contributed by atoms with van der Waals surface area (Å²) in [7, 11) is 1.63. The van der Waals surface area contributed by atoms with Gasteiger partial charge in [-0.05, 0) is 18.9 Å². The van der Waals surface area contributed by atoms with Crippen molar-refractivity contribution in [3.05, 3.63) is 36.3 Å². The van der Waals surface area contributed by atoms with Gasteiger partial charge in [-0.25, -0.2) is 9.37 Å². The molecule has 0 spiro atoms. The highest BCUT2D eigenvalue weighted by atomic mass is 19.1. The van der Waals surface area contributed by atoms with E-state index in [4.69, 9.17) is 4.74 Å². The number of ether oxygens (including phenoxy) is 1. The van der Waals surface area contributed by atoms with E-state index in [0.717, 1.165) is 0 Å². The fourth-order valence-corrected chi connectivity index (χ4v) is 2.01. The molecule has 0 aliphatic heterocycles. The van der Waals surface area contributed by atoms with E-state index in [-0.39, 0.29) is 5.82 Å². The molecule has 4 nitrogen and oxygen atoms in total. The Kier molecular flexibility index (Phi) is 5.49. The zero-order valence-electron chi connectivity index (χ0n) is 11.9. The highest BCUT2D eigenvalue weighted by Gasteiger charge is 2.21. The molecule has 0 aromatic carbocycles. The lowest BCUT2D eigenvalue weighted by Gasteiger charge is -2.23. The molecule has 1 aliphatic rings. The zero-order chi connectivity index (χ0) is 14.4. The van der Waals surface area contributed by atoms with Gasteiger partial charge in [-0.2, -0.15) is 0 Å². The number of halogens is 1. The number of methoxy groups -OCH3 is 1. The van der Waals surface area contributed by atoms with Crippen LogP contribution < -0.4 is 10.2 Å². The number of pyridine rings is 1. The Bertz CT molecular complexity index is 449. The molecule has 0 atom stereocenters. The first kappa shape index (κ1) is 14.9. The quantitative estimate of drug-likeness (QED) is 0.703. The van der Waals surface area contributed by atoms with Crippen molar-refractivity contribution in [1.82, 2.24) is 10.3 Å². The summed E-state index contributed by atoms with van der Waals surface area (Å²) < 4.78 is 19.6. The summed E-state index contributed by atoms with van der Waals surface area (Å²) in [6, 6.07) is 2.29. The average molecular weight is 279 g/mol. The summed E-state index contributed by atoms with van der Waals surface area (Å²) in [5.41, 5.74) is 0.661. The van der Waals surface area contributed by atoms with Crippen molar-refractivity contribution in [1.29, 1.82) is 0 Å². The SMILES string of the molecule is C=CCN(CCOC)c1nccc(CNC2CC2)c1F. The summed E-state index contributed by atoms with van der Waals surface area (Å²) in [5, 5.41) is 3.32. The largest absolute Gasteiger partial charge is 0.383 e. The standard InChI is InChI=1S/C15H22FN3O/c1-3-8-19(9-10-20-2)15-14(16)12(6-7-17-15)11-18-13-4-5-13/h3,6-7,13,18H,1,4-5,8-11H2,2H3. The highest BCUT2D eigenvalue weighted by Crippen LogP contribution is 2.22. The Balaban J connectivity index is 2.10. The van der Waals surface area contributed by atoms with Crippen molar-refractivity contribution in [3.8, 4) is 0 Å². The smallest absolute Gasteiger partial charge is 0.170 e. The number of nitrogens with one attached hydrogen (secondary N) is 1. The predicted molar refractivity (Wildman–Crippen MR) is 78.3 cm³/mol.